The van der Waals surface area contributed by atoms with E-state index < -0.39 is 0 Å². The standard InChI is InChI=1S/C18H18N6O2/c1-23-9-14(8-20-23)15-4-3-12(7-16(15)25-2)18-21-17(22-26-18)13-5-6-24(10-13)11-19/h3-4,7-9,13H,5-6,10H2,1-2H3/t13-/m1/s1. The molecule has 3 heterocycles. The molecule has 1 fully saturated rings. The number of hydrogen-bond donors (Lipinski definition) is 0. The van der Waals surface area contributed by atoms with Gasteiger partial charge in [-0.05, 0) is 24.6 Å². The predicted molar refractivity (Wildman–Crippen MR) is 93.0 cm³/mol. The minimum atomic E-state index is 0.128. The van der Waals surface area contributed by atoms with Crippen molar-refractivity contribution in [1.82, 2.24) is 24.8 Å². The number of nitrogens with zero attached hydrogens (tertiary/aromatic N) is 6. The quantitative estimate of drug-likeness (QED) is 0.667. The lowest BCUT2D eigenvalue weighted by Gasteiger charge is -2.07. The molecule has 0 spiro atoms. The highest BCUT2D eigenvalue weighted by molar-refractivity contribution is 5.73. The van der Waals surface area contributed by atoms with Crippen molar-refractivity contribution in [2.75, 3.05) is 20.2 Å². The monoisotopic (exact) mass is 350 g/mol. The van der Waals surface area contributed by atoms with Crippen molar-refractivity contribution in [1.29, 1.82) is 5.26 Å². The normalized spacial score (nSPS) is 16.7. The van der Waals surface area contributed by atoms with E-state index in [0.29, 0.717) is 24.0 Å². The van der Waals surface area contributed by atoms with Crippen molar-refractivity contribution >= 4 is 0 Å². The minimum Gasteiger partial charge on any atom is -0.496 e. The van der Waals surface area contributed by atoms with E-state index >= 15 is 0 Å². The molecule has 0 amide bonds. The van der Waals surface area contributed by atoms with Gasteiger partial charge in [0.15, 0.2) is 12.0 Å². The van der Waals surface area contributed by atoms with Crippen molar-refractivity contribution < 1.29 is 9.26 Å². The van der Waals surface area contributed by atoms with Crippen LogP contribution in [0.25, 0.3) is 22.6 Å². The molecule has 1 aliphatic heterocycles. The van der Waals surface area contributed by atoms with Crippen LogP contribution in [0.5, 0.6) is 5.75 Å². The highest BCUT2D eigenvalue weighted by Crippen LogP contribution is 2.34. The summed E-state index contributed by atoms with van der Waals surface area (Å²) in [6.45, 7) is 1.37. The van der Waals surface area contributed by atoms with E-state index in [1.54, 1.807) is 22.9 Å². The van der Waals surface area contributed by atoms with E-state index in [1.165, 1.54) is 0 Å². The fourth-order valence-electron chi connectivity index (χ4n) is 3.20. The van der Waals surface area contributed by atoms with Gasteiger partial charge in [0.25, 0.3) is 5.89 Å². The number of nitriles is 1. The molecule has 4 rings (SSSR count). The highest BCUT2D eigenvalue weighted by atomic mass is 16.5. The maximum atomic E-state index is 8.98. The third-order valence-electron chi connectivity index (χ3n) is 4.60. The van der Waals surface area contributed by atoms with Gasteiger partial charge in [0, 0.05) is 48.9 Å². The van der Waals surface area contributed by atoms with E-state index in [-0.39, 0.29) is 5.92 Å². The first-order chi connectivity index (χ1) is 12.7. The van der Waals surface area contributed by atoms with Crippen molar-refractivity contribution in [3.05, 3.63) is 36.4 Å². The van der Waals surface area contributed by atoms with Gasteiger partial charge in [-0.1, -0.05) is 5.16 Å². The summed E-state index contributed by atoms with van der Waals surface area (Å²) in [6.07, 6.45) is 6.75. The molecule has 8 nitrogen and oxygen atoms in total. The van der Waals surface area contributed by atoms with Crippen LogP contribution in [0.1, 0.15) is 18.2 Å². The van der Waals surface area contributed by atoms with Gasteiger partial charge in [-0.15, -0.1) is 0 Å². The lowest BCUT2D eigenvalue weighted by atomic mass is 10.1. The Morgan fingerprint density at radius 1 is 1.35 bits per heavy atom. The summed E-state index contributed by atoms with van der Waals surface area (Å²) in [5.74, 6) is 1.94. The molecule has 0 aliphatic carbocycles. The van der Waals surface area contributed by atoms with Gasteiger partial charge >= 0.3 is 0 Å². The van der Waals surface area contributed by atoms with Crippen LogP contribution in [0.15, 0.2) is 35.1 Å². The fourth-order valence-corrected chi connectivity index (χ4v) is 3.20. The van der Waals surface area contributed by atoms with Crippen LogP contribution in [-0.4, -0.2) is 45.0 Å². The summed E-state index contributed by atoms with van der Waals surface area (Å²) in [5.41, 5.74) is 2.72. The first kappa shape index (κ1) is 16.1. The molecule has 1 saturated heterocycles. The van der Waals surface area contributed by atoms with Crippen molar-refractivity contribution in [2.24, 2.45) is 7.05 Å². The van der Waals surface area contributed by atoms with Gasteiger partial charge in [0.2, 0.25) is 0 Å². The van der Waals surface area contributed by atoms with E-state index in [4.69, 9.17) is 14.5 Å². The van der Waals surface area contributed by atoms with Gasteiger partial charge in [-0.25, -0.2) is 0 Å². The number of ether oxygens (including phenoxy) is 1. The molecule has 1 atom stereocenters. The SMILES string of the molecule is COc1cc(-c2nc([C@@H]3CCN(C#N)C3)no2)ccc1-c1cnn(C)c1. The molecule has 0 N–H and O–H groups in total. The zero-order valence-electron chi connectivity index (χ0n) is 14.6. The molecule has 8 heteroatoms. The molecule has 3 aromatic rings. The molecular weight excluding hydrogens is 332 g/mol. The number of aromatic nitrogens is 4. The Morgan fingerprint density at radius 2 is 2.23 bits per heavy atom. The summed E-state index contributed by atoms with van der Waals surface area (Å²) < 4.78 is 12.7. The minimum absolute atomic E-state index is 0.128. The molecule has 1 aromatic carbocycles. The first-order valence-electron chi connectivity index (χ1n) is 8.33. The molecule has 132 valence electrons. The summed E-state index contributed by atoms with van der Waals surface area (Å²) in [6, 6.07) is 5.77. The average Bonchev–Trinajstić information content (AvgIpc) is 3.40. The van der Waals surface area contributed by atoms with Crippen LogP contribution in [0, 0.1) is 11.5 Å². The Morgan fingerprint density at radius 3 is 2.92 bits per heavy atom. The summed E-state index contributed by atoms with van der Waals surface area (Å²) >= 11 is 0. The lowest BCUT2D eigenvalue weighted by molar-refractivity contribution is 0.409. The molecule has 0 radical (unpaired) electrons. The van der Waals surface area contributed by atoms with Gasteiger partial charge in [-0.2, -0.15) is 15.3 Å². The smallest absolute Gasteiger partial charge is 0.258 e. The molecule has 0 bridgehead atoms. The summed E-state index contributed by atoms with van der Waals surface area (Å²) in [5, 5.41) is 17.3. The van der Waals surface area contributed by atoms with Crippen molar-refractivity contribution in [3.63, 3.8) is 0 Å². The largest absolute Gasteiger partial charge is 0.496 e. The van der Waals surface area contributed by atoms with Crippen LogP contribution in [0.4, 0.5) is 0 Å². The summed E-state index contributed by atoms with van der Waals surface area (Å²) in [7, 11) is 3.51. The lowest BCUT2D eigenvalue weighted by Crippen LogP contribution is -2.13. The van der Waals surface area contributed by atoms with Crippen LogP contribution in [0.2, 0.25) is 0 Å². The average molecular weight is 350 g/mol. The van der Waals surface area contributed by atoms with E-state index in [2.05, 4.69) is 21.4 Å². The van der Waals surface area contributed by atoms with Crippen LogP contribution < -0.4 is 4.74 Å². The van der Waals surface area contributed by atoms with Gasteiger partial charge < -0.3 is 14.2 Å². The Labute approximate surface area is 150 Å². The zero-order chi connectivity index (χ0) is 18.1. The molecule has 26 heavy (non-hydrogen) atoms. The van der Waals surface area contributed by atoms with Crippen molar-refractivity contribution in [3.8, 4) is 34.5 Å². The first-order valence-corrected chi connectivity index (χ1v) is 8.33. The second-order valence-corrected chi connectivity index (χ2v) is 6.31. The van der Waals surface area contributed by atoms with Gasteiger partial charge in [-0.3, -0.25) is 4.68 Å². The van der Waals surface area contributed by atoms with Crippen LogP contribution in [-0.2, 0) is 7.05 Å². The second-order valence-electron chi connectivity index (χ2n) is 6.31. The number of hydrogen-bond acceptors (Lipinski definition) is 7. The molecule has 2 aromatic heterocycles. The van der Waals surface area contributed by atoms with Crippen molar-refractivity contribution in [2.45, 2.75) is 12.3 Å². The number of aryl methyl sites for hydroxylation is 1. The predicted octanol–water partition coefficient (Wildman–Crippen LogP) is 2.42. The second kappa shape index (κ2) is 6.52. The Kier molecular flexibility index (Phi) is 4.05. The van der Waals surface area contributed by atoms with E-state index in [0.717, 1.165) is 29.7 Å². The zero-order valence-corrected chi connectivity index (χ0v) is 14.6. The summed E-state index contributed by atoms with van der Waals surface area (Å²) in [4.78, 5) is 6.24. The van der Waals surface area contributed by atoms with E-state index in [9.17, 15) is 0 Å². The Bertz CT molecular complexity index is 970. The number of benzene rings is 1. The molecule has 1 aliphatic rings. The Hall–Kier alpha value is -3.34. The van der Waals surface area contributed by atoms with E-state index in [1.807, 2.05) is 31.4 Å². The molecule has 0 saturated carbocycles. The van der Waals surface area contributed by atoms with Gasteiger partial charge in [0.1, 0.15) is 5.75 Å². The molecular formula is C18H18N6O2. The third-order valence-corrected chi connectivity index (χ3v) is 4.60. The fraction of sp³-hybridized carbons (Fsp3) is 0.333. The Balaban J connectivity index is 1.62. The maximum Gasteiger partial charge on any atom is 0.258 e. The maximum absolute atomic E-state index is 8.98. The number of methoxy groups -OCH3 is 1. The van der Waals surface area contributed by atoms with Gasteiger partial charge in [0.05, 0.1) is 13.3 Å². The highest BCUT2D eigenvalue weighted by Gasteiger charge is 2.27. The topological polar surface area (TPSA) is 93.0 Å². The number of likely N-dealkylation sites (tertiary alicyclic amines) is 1. The number of rotatable bonds is 4. The third kappa shape index (κ3) is 2.88. The molecule has 0 unspecified atom stereocenters. The van der Waals surface area contributed by atoms with Crippen LogP contribution in [0.3, 0.4) is 0 Å². The van der Waals surface area contributed by atoms with Crippen LogP contribution >= 0.6 is 0 Å².